The predicted molar refractivity (Wildman–Crippen MR) is 104 cm³/mol. The van der Waals surface area contributed by atoms with E-state index in [0.29, 0.717) is 0 Å². The fourth-order valence-corrected chi connectivity index (χ4v) is 2.90. The van der Waals surface area contributed by atoms with Gasteiger partial charge in [0.1, 0.15) is 0 Å². The first-order valence-corrected chi connectivity index (χ1v) is 8.72. The lowest BCUT2D eigenvalue weighted by molar-refractivity contribution is -0.116. The molecule has 0 saturated carbocycles. The van der Waals surface area contributed by atoms with Crippen LogP contribution in [0.4, 0.5) is 0 Å². The molecule has 3 nitrogen and oxygen atoms in total. The van der Waals surface area contributed by atoms with Crippen LogP contribution in [0, 0.1) is 0 Å². The minimum atomic E-state index is -0.293. The molecule has 1 unspecified atom stereocenters. The second kappa shape index (κ2) is 8.40. The van der Waals surface area contributed by atoms with Gasteiger partial charge in [0.15, 0.2) is 0 Å². The van der Waals surface area contributed by atoms with Crippen LogP contribution >= 0.6 is 15.9 Å². The van der Waals surface area contributed by atoms with Crippen molar-refractivity contribution < 1.29 is 4.79 Å². The van der Waals surface area contributed by atoms with Gasteiger partial charge in [-0.2, -0.15) is 0 Å². The van der Waals surface area contributed by atoms with Crippen molar-refractivity contribution in [2.45, 2.75) is 6.04 Å². The SMILES string of the molecule is O=C(/C=C/c1ccccc1Br)NC(c1ccccc1)c1ccccn1. The highest BCUT2D eigenvalue weighted by Gasteiger charge is 2.16. The Bertz CT molecular complexity index is 824. The summed E-state index contributed by atoms with van der Waals surface area (Å²) < 4.78 is 0.948. The van der Waals surface area contributed by atoms with Crippen LogP contribution in [0.3, 0.4) is 0 Å². The summed E-state index contributed by atoms with van der Waals surface area (Å²) in [5.41, 5.74) is 2.74. The molecule has 1 amide bonds. The Kier molecular flexibility index (Phi) is 5.75. The van der Waals surface area contributed by atoms with E-state index in [9.17, 15) is 4.79 Å². The lowest BCUT2D eigenvalue weighted by Gasteiger charge is -2.18. The van der Waals surface area contributed by atoms with E-state index in [2.05, 4.69) is 26.2 Å². The lowest BCUT2D eigenvalue weighted by Crippen LogP contribution is -2.28. The van der Waals surface area contributed by atoms with E-state index in [0.717, 1.165) is 21.3 Å². The van der Waals surface area contributed by atoms with Crippen molar-refractivity contribution in [3.63, 3.8) is 0 Å². The zero-order valence-electron chi connectivity index (χ0n) is 13.5. The maximum absolute atomic E-state index is 12.4. The van der Waals surface area contributed by atoms with Gasteiger partial charge in [0.2, 0.25) is 5.91 Å². The monoisotopic (exact) mass is 392 g/mol. The first kappa shape index (κ1) is 17.1. The highest BCUT2D eigenvalue weighted by molar-refractivity contribution is 9.10. The number of rotatable bonds is 5. The Morgan fingerprint density at radius 1 is 0.960 bits per heavy atom. The van der Waals surface area contributed by atoms with Gasteiger partial charge in [0, 0.05) is 16.7 Å². The van der Waals surface area contributed by atoms with Crippen LogP contribution < -0.4 is 5.32 Å². The molecule has 1 aromatic heterocycles. The van der Waals surface area contributed by atoms with Crippen molar-refractivity contribution in [2.75, 3.05) is 0 Å². The molecule has 0 radical (unpaired) electrons. The summed E-state index contributed by atoms with van der Waals surface area (Å²) in [5.74, 6) is -0.171. The summed E-state index contributed by atoms with van der Waals surface area (Å²) in [5, 5.41) is 3.04. The molecule has 1 N–H and O–H groups in total. The highest BCUT2D eigenvalue weighted by Crippen LogP contribution is 2.20. The number of halogens is 1. The molecule has 2 aromatic carbocycles. The van der Waals surface area contributed by atoms with Crippen LogP contribution in [-0.4, -0.2) is 10.9 Å². The molecule has 1 atom stereocenters. The third kappa shape index (κ3) is 4.64. The van der Waals surface area contributed by atoms with E-state index in [1.54, 1.807) is 18.3 Å². The van der Waals surface area contributed by atoms with Crippen molar-refractivity contribution in [2.24, 2.45) is 0 Å². The average Bonchev–Trinajstić information content (AvgIpc) is 2.67. The molecule has 25 heavy (non-hydrogen) atoms. The Morgan fingerprint density at radius 2 is 1.68 bits per heavy atom. The van der Waals surface area contributed by atoms with E-state index in [-0.39, 0.29) is 11.9 Å². The minimum Gasteiger partial charge on any atom is -0.340 e. The number of benzene rings is 2. The van der Waals surface area contributed by atoms with Crippen molar-refractivity contribution in [1.29, 1.82) is 0 Å². The van der Waals surface area contributed by atoms with Crippen molar-refractivity contribution in [3.8, 4) is 0 Å². The van der Waals surface area contributed by atoms with E-state index in [1.165, 1.54) is 0 Å². The first-order valence-electron chi connectivity index (χ1n) is 7.93. The highest BCUT2D eigenvalue weighted by atomic mass is 79.9. The zero-order valence-corrected chi connectivity index (χ0v) is 15.1. The third-order valence-corrected chi connectivity index (χ3v) is 4.44. The van der Waals surface area contributed by atoms with Crippen LogP contribution in [0.2, 0.25) is 0 Å². The standard InChI is InChI=1S/C21H17BrN2O/c22-18-11-5-4-8-16(18)13-14-20(25)24-21(17-9-2-1-3-10-17)19-12-6-7-15-23-19/h1-15,21H,(H,24,25)/b14-13+. The summed E-state index contributed by atoms with van der Waals surface area (Å²) in [4.78, 5) is 16.8. The Balaban J connectivity index is 1.81. The molecule has 3 aromatic rings. The number of carbonyl (C=O) groups is 1. The predicted octanol–water partition coefficient (Wildman–Crippen LogP) is 4.76. The Labute approximate surface area is 155 Å². The van der Waals surface area contributed by atoms with Gasteiger partial charge in [-0.25, -0.2) is 0 Å². The van der Waals surface area contributed by atoms with Crippen LogP contribution in [0.15, 0.2) is 89.5 Å². The van der Waals surface area contributed by atoms with Gasteiger partial charge in [-0.3, -0.25) is 9.78 Å². The van der Waals surface area contributed by atoms with Gasteiger partial charge in [-0.15, -0.1) is 0 Å². The quantitative estimate of drug-likeness (QED) is 0.635. The van der Waals surface area contributed by atoms with E-state index < -0.39 is 0 Å². The Hall–Kier alpha value is -2.72. The first-order chi connectivity index (χ1) is 12.2. The molecule has 0 spiro atoms. The molecule has 0 aliphatic carbocycles. The number of nitrogens with one attached hydrogen (secondary N) is 1. The van der Waals surface area contributed by atoms with Gasteiger partial charge in [0.25, 0.3) is 0 Å². The number of hydrogen-bond donors (Lipinski definition) is 1. The number of pyridine rings is 1. The van der Waals surface area contributed by atoms with Gasteiger partial charge >= 0.3 is 0 Å². The smallest absolute Gasteiger partial charge is 0.244 e. The average molecular weight is 393 g/mol. The Morgan fingerprint density at radius 3 is 2.40 bits per heavy atom. The second-order valence-corrected chi connectivity index (χ2v) is 6.32. The van der Waals surface area contributed by atoms with Gasteiger partial charge in [-0.05, 0) is 35.4 Å². The molecule has 124 valence electrons. The van der Waals surface area contributed by atoms with Crippen molar-refractivity contribution in [3.05, 3.63) is 106 Å². The number of aromatic nitrogens is 1. The zero-order chi connectivity index (χ0) is 17.5. The van der Waals surface area contributed by atoms with Crippen LogP contribution in [0.5, 0.6) is 0 Å². The fourth-order valence-electron chi connectivity index (χ4n) is 2.49. The maximum Gasteiger partial charge on any atom is 0.244 e. The summed E-state index contributed by atoms with van der Waals surface area (Å²) in [6, 6.07) is 23.0. The molecule has 0 saturated heterocycles. The maximum atomic E-state index is 12.4. The number of nitrogens with zero attached hydrogens (tertiary/aromatic N) is 1. The minimum absolute atomic E-state index is 0.171. The number of amides is 1. The topological polar surface area (TPSA) is 42.0 Å². The molecule has 0 aliphatic rings. The summed E-state index contributed by atoms with van der Waals surface area (Å²) in [6.45, 7) is 0. The van der Waals surface area contributed by atoms with Crippen LogP contribution in [-0.2, 0) is 4.79 Å². The third-order valence-electron chi connectivity index (χ3n) is 3.72. The molecular formula is C21H17BrN2O. The summed E-state index contributed by atoms with van der Waals surface area (Å²) >= 11 is 3.48. The molecule has 3 rings (SSSR count). The van der Waals surface area contributed by atoms with Gasteiger partial charge < -0.3 is 5.32 Å². The summed E-state index contributed by atoms with van der Waals surface area (Å²) in [7, 11) is 0. The largest absolute Gasteiger partial charge is 0.340 e. The molecule has 0 bridgehead atoms. The van der Waals surface area contributed by atoms with Gasteiger partial charge in [-0.1, -0.05) is 70.5 Å². The number of carbonyl (C=O) groups excluding carboxylic acids is 1. The lowest BCUT2D eigenvalue weighted by atomic mass is 10.0. The number of hydrogen-bond acceptors (Lipinski definition) is 2. The molecule has 1 heterocycles. The van der Waals surface area contributed by atoms with Crippen molar-refractivity contribution >= 4 is 27.9 Å². The van der Waals surface area contributed by atoms with Crippen LogP contribution in [0.1, 0.15) is 22.9 Å². The van der Waals surface area contributed by atoms with Gasteiger partial charge in [0.05, 0.1) is 11.7 Å². The van der Waals surface area contributed by atoms with E-state index in [1.807, 2.05) is 72.8 Å². The molecule has 0 fully saturated rings. The second-order valence-electron chi connectivity index (χ2n) is 5.46. The fraction of sp³-hybridized carbons (Fsp3) is 0.0476. The van der Waals surface area contributed by atoms with E-state index >= 15 is 0 Å². The van der Waals surface area contributed by atoms with Crippen molar-refractivity contribution in [1.82, 2.24) is 10.3 Å². The van der Waals surface area contributed by atoms with E-state index in [4.69, 9.17) is 0 Å². The van der Waals surface area contributed by atoms with Crippen LogP contribution in [0.25, 0.3) is 6.08 Å². The summed E-state index contributed by atoms with van der Waals surface area (Å²) in [6.07, 6.45) is 5.06. The molecule has 4 heteroatoms. The normalized spacial score (nSPS) is 12.0. The molecule has 0 aliphatic heterocycles. The molecular weight excluding hydrogens is 376 g/mol.